The van der Waals surface area contributed by atoms with Gasteiger partial charge in [0.1, 0.15) is 5.75 Å². The average molecular weight is 274 g/mol. The number of rotatable bonds is 7. The van der Waals surface area contributed by atoms with E-state index in [1.165, 1.54) is 14.2 Å². The van der Waals surface area contributed by atoms with Crippen LogP contribution in [0.4, 0.5) is 0 Å². The van der Waals surface area contributed by atoms with Crippen molar-refractivity contribution in [3.05, 3.63) is 29.3 Å². The number of benzene rings is 1. The summed E-state index contributed by atoms with van der Waals surface area (Å²) in [6.45, 7) is 0.206. The zero-order chi connectivity index (χ0) is 13.4. The lowest BCUT2D eigenvalue weighted by molar-refractivity contribution is -0.129. The number of ether oxygens (including phenoxy) is 3. The molecule has 1 N–H and O–H groups in total. The van der Waals surface area contributed by atoms with Crippen LogP contribution in [0, 0.1) is 0 Å². The van der Waals surface area contributed by atoms with Gasteiger partial charge in [0.15, 0.2) is 12.9 Å². The molecule has 18 heavy (non-hydrogen) atoms. The van der Waals surface area contributed by atoms with Gasteiger partial charge in [-0.05, 0) is 24.3 Å². The summed E-state index contributed by atoms with van der Waals surface area (Å²) in [5, 5.41) is 3.25. The zero-order valence-electron chi connectivity index (χ0n) is 10.3. The molecule has 1 aromatic rings. The Bertz CT molecular complexity index is 365. The SMILES string of the molecule is COC(CNC(=O)COc1ccc(Cl)cc1)OC. The zero-order valence-corrected chi connectivity index (χ0v) is 11.1. The van der Waals surface area contributed by atoms with Crippen LogP contribution in [-0.2, 0) is 14.3 Å². The van der Waals surface area contributed by atoms with Gasteiger partial charge in [-0.1, -0.05) is 11.6 Å². The summed E-state index contributed by atoms with van der Waals surface area (Å²) in [6, 6.07) is 6.78. The number of hydrogen-bond donors (Lipinski definition) is 1. The summed E-state index contributed by atoms with van der Waals surface area (Å²) in [4.78, 5) is 11.4. The molecule has 0 unspecified atom stereocenters. The lowest BCUT2D eigenvalue weighted by atomic mass is 10.3. The Hall–Kier alpha value is -1.30. The number of hydrogen-bond acceptors (Lipinski definition) is 4. The molecule has 6 heteroatoms. The van der Waals surface area contributed by atoms with E-state index < -0.39 is 6.29 Å². The van der Waals surface area contributed by atoms with E-state index in [1.807, 2.05) is 0 Å². The number of carbonyl (C=O) groups is 1. The molecule has 0 radical (unpaired) electrons. The van der Waals surface area contributed by atoms with Gasteiger partial charge in [0.25, 0.3) is 5.91 Å². The lowest BCUT2D eigenvalue weighted by Gasteiger charge is -2.14. The molecule has 0 bridgehead atoms. The van der Waals surface area contributed by atoms with Gasteiger partial charge in [-0.3, -0.25) is 4.79 Å². The standard InChI is InChI=1S/C12H16ClNO4/c1-16-12(17-2)7-14-11(15)8-18-10-5-3-9(13)4-6-10/h3-6,12H,7-8H2,1-2H3,(H,14,15). The van der Waals surface area contributed by atoms with Crippen molar-refractivity contribution < 1.29 is 19.0 Å². The van der Waals surface area contributed by atoms with Crippen molar-refractivity contribution in [3.8, 4) is 5.75 Å². The van der Waals surface area contributed by atoms with Crippen LogP contribution in [0.3, 0.4) is 0 Å². The Morgan fingerprint density at radius 3 is 2.44 bits per heavy atom. The third-order valence-electron chi connectivity index (χ3n) is 2.18. The Labute approximate surface area is 111 Å². The number of methoxy groups -OCH3 is 2. The van der Waals surface area contributed by atoms with Gasteiger partial charge in [0.05, 0.1) is 6.54 Å². The van der Waals surface area contributed by atoms with Crippen LogP contribution in [0.15, 0.2) is 24.3 Å². The van der Waals surface area contributed by atoms with E-state index in [1.54, 1.807) is 24.3 Å². The first-order valence-electron chi connectivity index (χ1n) is 5.36. The van der Waals surface area contributed by atoms with Gasteiger partial charge >= 0.3 is 0 Å². The monoisotopic (exact) mass is 273 g/mol. The molecule has 0 aliphatic carbocycles. The van der Waals surface area contributed by atoms with Gasteiger partial charge < -0.3 is 19.5 Å². The minimum atomic E-state index is -0.454. The van der Waals surface area contributed by atoms with E-state index in [0.717, 1.165) is 0 Å². The topological polar surface area (TPSA) is 56.8 Å². The molecule has 0 aliphatic rings. The molecule has 0 fully saturated rings. The second kappa shape index (κ2) is 7.92. The van der Waals surface area contributed by atoms with E-state index in [2.05, 4.69) is 5.32 Å². The summed E-state index contributed by atoms with van der Waals surface area (Å²) >= 11 is 5.73. The first-order valence-corrected chi connectivity index (χ1v) is 5.74. The maximum atomic E-state index is 11.4. The maximum Gasteiger partial charge on any atom is 0.258 e. The minimum Gasteiger partial charge on any atom is -0.484 e. The van der Waals surface area contributed by atoms with Gasteiger partial charge in [-0.25, -0.2) is 0 Å². The van der Waals surface area contributed by atoms with Gasteiger partial charge in [-0.2, -0.15) is 0 Å². The van der Waals surface area contributed by atoms with Crippen molar-refractivity contribution in [1.82, 2.24) is 5.32 Å². The fraction of sp³-hybridized carbons (Fsp3) is 0.417. The molecule has 1 amide bonds. The maximum absolute atomic E-state index is 11.4. The van der Waals surface area contributed by atoms with Crippen LogP contribution >= 0.6 is 11.6 Å². The normalized spacial score (nSPS) is 10.4. The number of halogens is 1. The van der Waals surface area contributed by atoms with Gasteiger partial charge in [-0.15, -0.1) is 0 Å². The molecular weight excluding hydrogens is 258 g/mol. The largest absolute Gasteiger partial charge is 0.484 e. The van der Waals surface area contributed by atoms with Crippen LogP contribution in [0.25, 0.3) is 0 Å². The summed E-state index contributed by atoms with van der Waals surface area (Å²) in [5.41, 5.74) is 0. The smallest absolute Gasteiger partial charge is 0.258 e. The Balaban J connectivity index is 2.26. The quantitative estimate of drug-likeness (QED) is 0.764. The Morgan fingerprint density at radius 1 is 1.28 bits per heavy atom. The summed E-state index contributed by atoms with van der Waals surface area (Å²) < 4.78 is 15.1. The summed E-state index contributed by atoms with van der Waals surface area (Å²) in [7, 11) is 3.01. The molecule has 0 spiro atoms. The first kappa shape index (κ1) is 14.8. The minimum absolute atomic E-state index is 0.0677. The molecule has 0 aliphatic heterocycles. The molecule has 100 valence electrons. The highest BCUT2D eigenvalue weighted by Crippen LogP contribution is 2.15. The highest BCUT2D eigenvalue weighted by Gasteiger charge is 2.08. The second-order valence-electron chi connectivity index (χ2n) is 3.45. The van der Waals surface area contributed by atoms with Crippen molar-refractivity contribution in [2.75, 3.05) is 27.4 Å². The van der Waals surface area contributed by atoms with E-state index in [-0.39, 0.29) is 19.1 Å². The fourth-order valence-electron chi connectivity index (χ4n) is 1.19. The number of amides is 1. The van der Waals surface area contributed by atoms with Crippen LogP contribution < -0.4 is 10.1 Å². The molecule has 0 aromatic heterocycles. The predicted octanol–water partition coefficient (Wildman–Crippen LogP) is 1.45. The van der Waals surface area contributed by atoms with E-state index in [4.69, 9.17) is 25.8 Å². The molecule has 1 rings (SSSR count). The molecule has 5 nitrogen and oxygen atoms in total. The second-order valence-corrected chi connectivity index (χ2v) is 3.88. The van der Waals surface area contributed by atoms with Crippen LogP contribution in [0.2, 0.25) is 5.02 Å². The number of nitrogens with one attached hydrogen (secondary N) is 1. The summed E-state index contributed by atoms with van der Waals surface area (Å²) in [5.74, 6) is 0.341. The number of carbonyl (C=O) groups excluding carboxylic acids is 1. The fourth-order valence-corrected chi connectivity index (χ4v) is 1.32. The lowest BCUT2D eigenvalue weighted by Crippen LogP contribution is -2.36. The Morgan fingerprint density at radius 2 is 1.89 bits per heavy atom. The van der Waals surface area contributed by atoms with Crippen molar-refractivity contribution in [2.45, 2.75) is 6.29 Å². The predicted molar refractivity (Wildman–Crippen MR) is 67.8 cm³/mol. The highest BCUT2D eigenvalue weighted by atomic mass is 35.5. The molecule has 0 heterocycles. The molecule has 0 saturated heterocycles. The molecular formula is C12H16ClNO4. The van der Waals surface area contributed by atoms with Gasteiger partial charge in [0, 0.05) is 19.2 Å². The van der Waals surface area contributed by atoms with E-state index >= 15 is 0 Å². The third kappa shape index (κ3) is 5.35. The van der Waals surface area contributed by atoms with Gasteiger partial charge in [0.2, 0.25) is 0 Å². The van der Waals surface area contributed by atoms with Crippen LogP contribution in [-0.4, -0.2) is 39.6 Å². The van der Waals surface area contributed by atoms with E-state index in [9.17, 15) is 4.79 Å². The van der Waals surface area contributed by atoms with Crippen molar-refractivity contribution >= 4 is 17.5 Å². The van der Waals surface area contributed by atoms with Crippen molar-refractivity contribution in [2.24, 2.45) is 0 Å². The van der Waals surface area contributed by atoms with Crippen LogP contribution in [0.1, 0.15) is 0 Å². The Kier molecular flexibility index (Phi) is 6.49. The molecule has 0 atom stereocenters. The first-order chi connectivity index (χ1) is 8.65. The van der Waals surface area contributed by atoms with E-state index in [0.29, 0.717) is 10.8 Å². The average Bonchev–Trinajstić information content (AvgIpc) is 2.39. The summed E-state index contributed by atoms with van der Waals surface area (Å²) in [6.07, 6.45) is -0.454. The molecule has 1 aromatic carbocycles. The molecule has 0 saturated carbocycles. The third-order valence-corrected chi connectivity index (χ3v) is 2.43. The van der Waals surface area contributed by atoms with Crippen molar-refractivity contribution in [3.63, 3.8) is 0 Å². The highest BCUT2D eigenvalue weighted by molar-refractivity contribution is 6.30. The van der Waals surface area contributed by atoms with Crippen molar-refractivity contribution in [1.29, 1.82) is 0 Å². The van der Waals surface area contributed by atoms with Crippen LogP contribution in [0.5, 0.6) is 5.75 Å².